The number of carbonyl (C=O) groups is 1. The molecule has 3 aromatic rings. The zero-order valence-electron chi connectivity index (χ0n) is 16.7. The maximum atomic E-state index is 13.9. The molecule has 0 radical (unpaired) electrons. The van der Waals surface area contributed by atoms with Crippen LogP contribution in [0.15, 0.2) is 65.6 Å². The molecule has 0 aromatic heterocycles. The molecule has 1 heterocycles. The molecule has 5 nitrogen and oxygen atoms in total. The van der Waals surface area contributed by atoms with Crippen molar-refractivity contribution in [3.05, 3.63) is 94.6 Å². The van der Waals surface area contributed by atoms with Gasteiger partial charge in [-0.3, -0.25) is 4.79 Å². The number of halogens is 2. The summed E-state index contributed by atoms with van der Waals surface area (Å²) in [5.41, 5.74) is 2.85. The van der Waals surface area contributed by atoms with E-state index in [0.717, 1.165) is 28.8 Å². The summed E-state index contributed by atoms with van der Waals surface area (Å²) in [6.45, 7) is 2.41. The Balaban J connectivity index is 1.55. The molecular formula is C23H20F2N2O3S. The van der Waals surface area contributed by atoms with Gasteiger partial charge in [0.25, 0.3) is 5.91 Å². The van der Waals surface area contributed by atoms with E-state index >= 15 is 0 Å². The highest BCUT2D eigenvalue weighted by molar-refractivity contribution is 7.89. The van der Waals surface area contributed by atoms with E-state index in [1.165, 1.54) is 4.31 Å². The first-order chi connectivity index (χ1) is 14.7. The number of benzene rings is 3. The van der Waals surface area contributed by atoms with Crippen LogP contribution < -0.4 is 5.32 Å². The lowest BCUT2D eigenvalue weighted by molar-refractivity contribution is 0.102. The van der Waals surface area contributed by atoms with Crippen molar-refractivity contribution >= 4 is 21.6 Å². The summed E-state index contributed by atoms with van der Waals surface area (Å²) in [6.07, 6.45) is 0.543. The van der Waals surface area contributed by atoms with Crippen molar-refractivity contribution in [2.24, 2.45) is 0 Å². The zero-order chi connectivity index (χ0) is 22.2. The van der Waals surface area contributed by atoms with E-state index in [1.54, 1.807) is 36.4 Å². The molecular weight excluding hydrogens is 422 g/mol. The number of rotatable bonds is 4. The summed E-state index contributed by atoms with van der Waals surface area (Å²) in [4.78, 5) is 12.6. The van der Waals surface area contributed by atoms with Gasteiger partial charge >= 0.3 is 0 Å². The lowest BCUT2D eigenvalue weighted by Crippen LogP contribution is -2.36. The minimum absolute atomic E-state index is 0.167. The first-order valence-electron chi connectivity index (χ1n) is 9.69. The number of anilines is 1. The van der Waals surface area contributed by atoms with Crippen LogP contribution in [-0.4, -0.2) is 25.2 Å². The van der Waals surface area contributed by atoms with Crippen molar-refractivity contribution < 1.29 is 22.0 Å². The molecule has 160 valence electrons. The van der Waals surface area contributed by atoms with Crippen LogP contribution in [0.25, 0.3) is 0 Å². The van der Waals surface area contributed by atoms with Gasteiger partial charge in [0.05, 0.1) is 10.5 Å². The Kier molecular flexibility index (Phi) is 5.60. The van der Waals surface area contributed by atoms with E-state index in [4.69, 9.17) is 0 Å². The number of nitrogens with zero attached hydrogens (tertiary/aromatic N) is 1. The van der Waals surface area contributed by atoms with Crippen LogP contribution in [0.3, 0.4) is 0 Å². The van der Waals surface area contributed by atoms with E-state index < -0.39 is 27.6 Å². The smallest absolute Gasteiger partial charge is 0.258 e. The summed E-state index contributed by atoms with van der Waals surface area (Å²) >= 11 is 0. The number of hydrogen-bond acceptors (Lipinski definition) is 3. The van der Waals surface area contributed by atoms with Crippen LogP contribution in [-0.2, 0) is 23.0 Å². The number of hydrogen-bond donors (Lipinski definition) is 1. The number of sulfonamides is 1. The van der Waals surface area contributed by atoms with Crippen LogP contribution >= 0.6 is 0 Å². The number of nitrogens with one attached hydrogen (secondary N) is 1. The molecule has 0 spiro atoms. The van der Waals surface area contributed by atoms with Crippen molar-refractivity contribution in [2.75, 3.05) is 11.9 Å². The van der Waals surface area contributed by atoms with Gasteiger partial charge in [0.1, 0.15) is 11.6 Å². The fraction of sp³-hybridized carbons (Fsp3) is 0.174. The summed E-state index contributed by atoms with van der Waals surface area (Å²) in [7, 11) is -3.65. The van der Waals surface area contributed by atoms with Crippen LogP contribution in [0.1, 0.15) is 27.0 Å². The molecule has 0 saturated heterocycles. The molecule has 0 fully saturated rings. The second kappa shape index (κ2) is 8.20. The lowest BCUT2D eigenvalue weighted by atomic mass is 10.0. The monoisotopic (exact) mass is 442 g/mol. The van der Waals surface area contributed by atoms with Gasteiger partial charge in [-0.15, -0.1) is 0 Å². The Bertz CT molecular complexity index is 1260. The van der Waals surface area contributed by atoms with Gasteiger partial charge < -0.3 is 5.32 Å². The van der Waals surface area contributed by atoms with Gasteiger partial charge in [0.15, 0.2) is 0 Å². The maximum absolute atomic E-state index is 13.9. The quantitative estimate of drug-likeness (QED) is 0.656. The third-order valence-electron chi connectivity index (χ3n) is 5.28. The summed E-state index contributed by atoms with van der Waals surface area (Å²) in [5.74, 6) is -2.43. The SMILES string of the molecule is Cc1ccc(S(=O)(=O)N2CCc3ccc(NC(=O)c4ccc(F)cc4F)cc3C2)cc1. The highest BCUT2D eigenvalue weighted by atomic mass is 32.2. The average Bonchev–Trinajstić information content (AvgIpc) is 2.73. The van der Waals surface area contributed by atoms with Gasteiger partial charge in [0.2, 0.25) is 10.0 Å². The van der Waals surface area contributed by atoms with E-state index in [0.29, 0.717) is 24.7 Å². The Morgan fingerprint density at radius 1 is 0.968 bits per heavy atom. The molecule has 1 aliphatic heterocycles. The van der Waals surface area contributed by atoms with E-state index in [-0.39, 0.29) is 17.0 Å². The van der Waals surface area contributed by atoms with E-state index in [1.807, 2.05) is 13.0 Å². The molecule has 0 unspecified atom stereocenters. The van der Waals surface area contributed by atoms with Crippen molar-refractivity contribution in [3.63, 3.8) is 0 Å². The molecule has 4 rings (SSSR count). The molecule has 0 bridgehead atoms. The highest BCUT2D eigenvalue weighted by Gasteiger charge is 2.28. The largest absolute Gasteiger partial charge is 0.322 e. The number of amides is 1. The average molecular weight is 442 g/mol. The topological polar surface area (TPSA) is 66.5 Å². The van der Waals surface area contributed by atoms with Crippen LogP contribution in [0, 0.1) is 18.6 Å². The van der Waals surface area contributed by atoms with Crippen molar-refractivity contribution in [3.8, 4) is 0 Å². The van der Waals surface area contributed by atoms with Gasteiger partial charge in [-0.2, -0.15) is 4.31 Å². The third-order valence-corrected chi connectivity index (χ3v) is 7.14. The van der Waals surface area contributed by atoms with Gasteiger partial charge in [-0.05, 0) is 60.9 Å². The summed E-state index contributed by atoms with van der Waals surface area (Å²) in [5, 5.41) is 2.59. The van der Waals surface area contributed by atoms with E-state index in [2.05, 4.69) is 5.32 Å². The molecule has 0 saturated carbocycles. The van der Waals surface area contributed by atoms with Crippen molar-refractivity contribution in [1.29, 1.82) is 0 Å². The molecule has 3 aromatic carbocycles. The van der Waals surface area contributed by atoms with Crippen molar-refractivity contribution in [1.82, 2.24) is 4.31 Å². The molecule has 0 atom stereocenters. The maximum Gasteiger partial charge on any atom is 0.258 e. The molecule has 1 aliphatic rings. The molecule has 0 aliphatic carbocycles. The predicted octanol–water partition coefficient (Wildman–Crippen LogP) is 4.27. The lowest BCUT2D eigenvalue weighted by Gasteiger charge is -2.28. The second-order valence-electron chi connectivity index (χ2n) is 7.46. The first kappa shape index (κ1) is 21.1. The van der Waals surface area contributed by atoms with E-state index in [9.17, 15) is 22.0 Å². The third kappa shape index (κ3) is 4.35. The van der Waals surface area contributed by atoms with Crippen LogP contribution in [0.5, 0.6) is 0 Å². The minimum Gasteiger partial charge on any atom is -0.322 e. The Labute approximate surface area is 179 Å². The normalized spacial score (nSPS) is 14.2. The molecule has 8 heteroatoms. The van der Waals surface area contributed by atoms with Gasteiger partial charge in [0, 0.05) is 24.8 Å². The number of aryl methyl sites for hydroxylation is 1. The number of fused-ring (bicyclic) bond motifs is 1. The summed E-state index contributed by atoms with van der Waals surface area (Å²) in [6, 6.07) is 14.6. The molecule has 1 amide bonds. The predicted molar refractivity (Wildman–Crippen MR) is 113 cm³/mol. The Hall–Kier alpha value is -3.10. The highest BCUT2D eigenvalue weighted by Crippen LogP contribution is 2.27. The van der Waals surface area contributed by atoms with Crippen LogP contribution in [0.2, 0.25) is 0 Å². The Morgan fingerprint density at radius 2 is 1.71 bits per heavy atom. The zero-order valence-corrected chi connectivity index (χ0v) is 17.5. The Morgan fingerprint density at radius 3 is 2.42 bits per heavy atom. The fourth-order valence-electron chi connectivity index (χ4n) is 3.55. The first-order valence-corrected chi connectivity index (χ1v) is 11.1. The summed E-state index contributed by atoms with van der Waals surface area (Å²) < 4.78 is 54.4. The number of carbonyl (C=O) groups excluding carboxylic acids is 1. The minimum atomic E-state index is -3.65. The van der Waals surface area contributed by atoms with Crippen LogP contribution in [0.4, 0.5) is 14.5 Å². The van der Waals surface area contributed by atoms with Gasteiger partial charge in [-0.1, -0.05) is 23.8 Å². The molecule has 1 N–H and O–H groups in total. The molecule has 31 heavy (non-hydrogen) atoms. The second-order valence-corrected chi connectivity index (χ2v) is 9.40. The van der Waals surface area contributed by atoms with Gasteiger partial charge in [-0.25, -0.2) is 17.2 Å². The fourth-order valence-corrected chi connectivity index (χ4v) is 4.96. The standard InChI is InChI=1S/C23H20F2N2O3S/c1-15-2-7-20(8-3-15)31(29,30)27-11-10-16-4-6-19(12-17(16)14-27)26-23(28)21-9-5-18(24)13-22(21)25/h2-9,12-13H,10-11,14H2,1H3,(H,26,28). The van der Waals surface area contributed by atoms with Crippen molar-refractivity contribution in [2.45, 2.75) is 24.8 Å².